The molecule has 6 nitrogen and oxygen atoms in total. The van der Waals surface area contributed by atoms with Gasteiger partial charge in [-0.05, 0) is 43.3 Å². The van der Waals surface area contributed by atoms with Crippen LogP contribution >= 0.6 is 0 Å². The van der Waals surface area contributed by atoms with Crippen LogP contribution in [-0.4, -0.2) is 50.1 Å². The van der Waals surface area contributed by atoms with E-state index in [4.69, 9.17) is 9.47 Å². The SMILES string of the molecule is COc1ccc(N2CCN(C(=O)c3ccc(F)cc3)[C@H](C)C2=O)cc1OC. The minimum absolute atomic E-state index is 0.191. The molecule has 0 bridgehead atoms. The summed E-state index contributed by atoms with van der Waals surface area (Å²) in [5.41, 5.74) is 1.04. The third-order valence-electron chi connectivity index (χ3n) is 4.69. The van der Waals surface area contributed by atoms with E-state index < -0.39 is 11.9 Å². The van der Waals surface area contributed by atoms with Crippen molar-refractivity contribution in [3.05, 3.63) is 53.8 Å². The fourth-order valence-corrected chi connectivity index (χ4v) is 3.16. The molecule has 142 valence electrons. The van der Waals surface area contributed by atoms with Crippen LogP contribution in [0.4, 0.5) is 10.1 Å². The zero-order valence-electron chi connectivity index (χ0n) is 15.4. The lowest BCUT2D eigenvalue weighted by Gasteiger charge is -2.39. The van der Waals surface area contributed by atoms with Crippen molar-refractivity contribution in [3.63, 3.8) is 0 Å². The highest BCUT2D eigenvalue weighted by molar-refractivity contribution is 6.03. The molecular weight excluding hydrogens is 351 g/mol. The van der Waals surface area contributed by atoms with Crippen molar-refractivity contribution in [1.29, 1.82) is 0 Å². The molecule has 1 heterocycles. The fourth-order valence-electron chi connectivity index (χ4n) is 3.16. The molecular formula is C20H21FN2O4. The summed E-state index contributed by atoms with van der Waals surface area (Å²) in [5, 5.41) is 0. The number of nitrogens with zero attached hydrogens (tertiary/aromatic N) is 2. The number of piperazine rings is 1. The lowest BCUT2D eigenvalue weighted by Crippen LogP contribution is -2.57. The summed E-state index contributed by atoms with van der Waals surface area (Å²) >= 11 is 0. The molecule has 0 aromatic heterocycles. The second kappa shape index (κ2) is 7.65. The maximum Gasteiger partial charge on any atom is 0.254 e. The van der Waals surface area contributed by atoms with E-state index in [2.05, 4.69) is 0 Å². The molecule has 0 spiro atoms. The van der Waals surface area contributed by atoms with Gasteiger partial charge in [0.05, 0.1) is 14.2 Å². The lowest BCUT2D eigenvalue weighted by atomic mass is 10.1. The first-order valence-corrected chi connectivity index (χ1v) is 8.56. The fraction of sp³-hybridized carbons (Fsp3) is 0.300. The van der Waals surface area contributed by atoms with Gasteiger partial charge in [-0.3, -0.25) is 9.59 Å². The van der Waals surface area contributed by atoms with Crippen molar-refractivity contribution in [3.8, 4) is 11.5 Å². The van der Waals surface area contributed by atoms with Crippen LogP contribution in [0.1, 0.15) is 17.3 Å². The van der Waals surface area contributed by atoms with E-state index >= 15 is 0 Å². The lowest BCUT2D eigenvalue weighted by molar-refractivity contribution is -0.124. The number of benzene rings is 2. The number of amides is 2. The van der Waals surface area contributed by atoms with Gasteiger partial charge in [0, 0.05) is 30.4 Å². The standard InChI is InChI=1S/C20H21FN2O4/c1-13-19(24)23(16-8-9-17(26-2)18(12-16)27-3)11-10-22(13)20(25)14-4-6-15(21)7-5-14/h4-9,12-13H,10-11H2,1-3H3/t13-/m1/s1. The molecule has 2 amide bonds. The Balaban J connectivity index is 1.80. The van der Waals surface area contributed by atoms with Crippen molar-refractivity contribution < 1.29 is 23.5 Å². The van der Waals surface area contributed by atoms with Crippen LogP contribution in [0, 0.1) is 5.82 Å². The third-order valence-corrected chi connectivity index (χ3v) is 4.69. The summed E-state index contributed by atoms with van der Waals surface area (Å²) in [6.45, 7) is 2.42. The first kappa shape index (κ1) is 18.7. The van der Waals surface area contributed by atoms with E-state index in [9.17, 15) is 14.0 Å². The van der Waals surface area contributed by atoms with Crippen LogP contribution in [0.25, 0.3) is 0 Å². The van der Waals surface area contributed by atoms with E-state index in [0.29, 0.717) is 35.8 Å². The molecule has 1 atom stereocenters. The first-order valence-electron chi connectivity index (χ1n) is 8.56. The van der Waals surface area contributed by atoms with Gasteiger partial charge in [0.2, 0.25) is 5.91 Å². The zero-order chi connectivity index (χ0) is 19.6. The van der Waals surface area contributed by atoms with Gasteiger partial charge in [0.25, 0.3) is 5.91 Å². The summed E-state index contributed by atoms with van der Waals surface area (Å²) in [6.07, 6.45) is 0. The second-order valence-corrected chi connectivity index (χ2v) is 6.21. The van der Waals surface area contributed by atoms with Crippen LogP contribution in [0.15, 0.2) is 42.5 Å². The molecule has 1 fully saturated rings. The van der Waals surface area contributed by atoms with Crippen LogP contribution in [0.2, 0.25) is 0 Å². The second-order valence-electron chi connectivity index (χ2n) is 6.21. The van der Waals surface area contributed by atoms with E-state index in [-0.39, 0.29) is 11.8 Å². The Morgan fingerprint density at radius 1 is 1.04 bits per heavy atom. The minimum Gasteiger partial charge on any atom is -0.493 e. The van der Waals surface area contributed by atoms with Crippen molar-refractivity contribution in [2.45, 2.75) is 13.0 Å². The maximum absolute atomic E-state index is 13.1. The monoisotopic (exact) mass is 372 g/mol. The van der Waals surface area contributed by atoms with Gasteiger partial charge >= 0.3 is 0 Å². The molecule has 0 saturated carbocycles. The molecule has 1 aliphatic rings. The predicted octanol–water partition coefficient (Wildman–Crippen LogP) is 2.72. The molecule has 1 aliphatic heterocycles. The molecule has 2 aromatic carbocycles. The number of hydrogen-bond donors (Lipinski definition) is 0. The first-order chi connectivity index (χ1) is 13.0. The van der Waals surface area contributed by atoms with Gasteiger partial charge < -0.3 is 19.3 Å². The zero-order valence-corrected chi connectivity index (χ0v) is 15.4. The smallest absolute Gasteiger partial charge is 0.254 e. The molecule has 2 aromatic rings. The number of methoxy groups -OCH3 is 2. The van der Waals surface area contributed by atoms with Gasteiger partial charge in [-0.25, -0.2) is 4.39 Å². The van der Waals surface area contributed by atoms with Gasteiger partial charge in [0.1, 0.15) is 11.9 Å². The number of halogens is 1. The Labute approximate surface area is 157 Å². The number of ether oxygens (including phenoxy) is 2. The number of rotatable bonds is 4. The average molecular weight is 372 g/mol. The Kier molecular flexibility index (Phi) is 5.30. The highest BCUT2D eigenvalue weighted by Crippen LogP contribution is 2.32. The van der Waals surface area contributed by atoms with Gasteiger partial charge in [-0.1, -0.05) is 0 Å². The van der Waals surface area contributed by atoms with Gasteiger partial charge in [0.15, 0.2) is 11.5 Å². The van der Waals surface area contributed by atoms with Crippen molar-refractivity contribution in [2.75, 3.05) is 32.2 Å². The Hall–Kier alpha value is -3.09. The molecule has 0 unspecified atom stereocenters. The Morgan fingerprint density at radius 2 is 1.70 bits per heavy atom. The van der Waals surface area contributed by atoms with Crippen molar-refractivity contribution in [1.82, 2.24) is 4.90 Å². The van der Waals surface area contributed by atoms with Gasteiger partial charge in [-0.2, -0.15) is 0 Å². The predicted molar refractivity (Wildman–Crippen MR) is 98.8 cm³/mol. The topological polar surface area (TPSA) is 59.1 Å². The summed E-state index contributed by atoms with van der Waals surface area (Å²) in [4.78, 5) is 28.7. The quantitative estimate of drug-likeness (QED) is 0.828. The molecule has 3 rings (SSSR count). The maximum atomic E-state index is 13.1. The van der Waals surface area contributed by atoms with E-state index in [1.165, 1.54) is 36.3 Å². The number of hydrogen-bond acceptors (Lipinski definition) is 4. The number of anilines is 1. The van der Waals surface area contributed by atoms with Crippen LogP contribution in [-0.2, 0) is 4.79 Å². The Morgan fingerprint density at radius 3 is 2.33 bits per heavy atom. The summed E-state index contributed by atoms with van der Waals surface area (Å²) in [5.74, 6) is 0.216. The summed E-state index contributed by atoms with van der Waals surface area (Å²) < 4.78 is 23.6. The van der Waals surface area contributed by atoms with Crippen LogP contribution in [0.3, 0.4) is 0 Å². The van der Waals surface area contributed by atoms with E-state index in [0.717, 1.165) is 0 Å². The van der Waals surface area contributed by atoms with Crippen LogP contribution < -0.4 is 14.4 Å². The highest BCUT2D eigenvalue weighted by atomic mass is 19.1. The average Bonchev–Trinajstić information content (AvgIpc) is 2.69. The molecule has 7 heteroatoms. The van der Waals surface area contributed by atoms with E-state index in [1.54, 1.807) is 37.1 Å². The number of carbonyl (C=O) groups is 2. The summed E-state index contributed by atoms with van der Waals surface area (Å²) in [7, 11) is 3.08. The van der Waals surface area contributed by atoms with Crippen LogP contribution in [0.5, 0.6) is 11.5 Å². The van der Waals surface area contributed by atoms with E-state index in [1.807, 2.05) is 0 Å². The minimum atomic E-state index is -0.635. The normalized spacial score (nSPS) is 17.0. The van der Waals surface area contributed by atoms with Gasteiger partial charge in [-0.15, -0.1) is 0 Å². The third kappa shape index (κ3) is 3.58. The summed E-state index contributed by atoms with van der Waals surface area (Å²) in [6, 6.07) is 9.95. The highest BCUT2D eigenvalue weighted by Gasteiger charge is 2.35. The molecule has 0 aliphatic carbocycles. The molecule has 0 N–H and O–H groups in total. The Bertz CT molecular complexity index is 854. The molecule has 1 saturated heterocycles. The van der Waals surface area contributed by atoms with Crippen molar-refractivity contribution >= 4 is 17.5 Å². The molecule has 0 radical (unpaired) electrons. The largest absolute Gasteiger partial charge is 0.493 e. The number of carbonyl (C=O) groups excluding carboxylic acids is 2. The van der Waals surface area contributed by atoms with Crippen molar-refractivity contribution in [2.24, 2.45) is 0 Å². The molecule has 27 heavy (non-hydrogen) atoms.